The number of H-pyrrole nitrogens is 2. The summed E-state index contributed by atoms with van der Waals surface area (Å²) in [5, 5.41) is 11.1. The van der Waals surface area contributed by atoms with Gasteiger partial charge < -0.3 is 14.5 Å². The van der Waals surface area contributed by atoms with Gasteiger partial charge in [-0.05, 0) is 48.0 Å². The lowest BCUT2D eigenvalue weighted by molar-refractivity contribution is -0.386. The Morgan fingerprint density at radius 1 is 1.06 bits per heavy atom. The number of ether oxygens (including phenoxy) is 2. The maximum absolute atomic E-state index is 13.0. The quantitative estimate of drug-likeness (QED) is 0.266. The molecule has 0 atom stereocenters. The number of aromatic nitrogens is 2. The summed E-state index contributed by atoms with van der Waals surface area (Å²) in [7, 11) is 1.34. The molecule has 3 aromatic rings. The van der Waals surface area contributed by atoms with Crippen LogP contribution in [0.25, 0.3) is 12.2 Å². The number of carbonyl (C=O) groups is 1. The third-order valence-corrected chi connectivity index (χ3v) is 4.04. The average molecular weight is 427 g/mol. The second-order valence-corrected chi connectivity index (χ2v) is 6.07. The van der Waals surface area contributed by atoms with Gasteiger partial charge in [0.05, 0.1) is 17.6 Å². The molecule has 158 valence electrons. The van der Waals surface area contributed by atoms with Crippen molar-refractivity contribution in [3.8, 4) is 11.5 Å². The summed E-state index contributed by atoms with van der Waals surface area (Å²) in [6.45, 7) is 0. The van der Waals surface area contributed by atoms with Crippen LogP contribution in [0.5, 0.6) is 11.5 Å². The Labute approximate surface area is 172 Å². The number of carbonyl (C=O) groups excluding carboxylic acids is 1. The van der Waals surface area contributed by atoms with E-state index in [1.54, 1.807) is 4.98 Å². The van der Waals surface area contributed by atoms with Crippen molar-refractivity contribution in [3.05, 3.63) is 96.1 Å². The van der Waals surface area contributed by atoms with Crippen molar-refractivity contribution in [2.45, 2.75) is 0 Å². The highest BCUT2D eigenvalue weighted by Crippen LogP contribution is 2.29. The molecule has 0 aliphatic heterocycles. The summed E-state index contributed by atoms with van der Waals surface area (Å²) in [6, 6.07) is 9.21. The van der Waals surface area contributed by atoms with E-state index in [-0.39, 0.29) is 22.8 Å². The first-order chi connectivity index (χ1) is 14.8. The predicted molar refractivity (Wildman–Crippen MR) is 108 cm³/mol. The molecule has 10 nitrogen and oxygen atoms in total. The Morgan fingerprint density at radius 2 is 1.77 bits per heavy atom. The Hall–Kier alpha value is -4.54. The van der Waals surface area contributed by atoms with Gasteiger partial charge in [-0.15, -0.1) is 0 Å². The summed E-state index contributed by atoms with van der Waals surface area (Å²) < 4.78 is 23.5. The molecule has 1 heterocycles. The number of nitrogens with one attached hydrogen (secondary N) is 2. The Kier molecular flexibility index (Phi) is 6.05. The summed E-state index contributed by atoms with van der Waals surface area (Å²) in [5.41, 5.74) is -2.52. The van der Waals surface area contributed by atoms with Gasteiger partial charge in [-0.2, -0.15) is 0 Å². The number of halogens is 1. The van der Waals surface area contributed by atoms with E-state index in [0.29, 0.717) is 5.56 Å². The number of aromatic amines is 2. The molecule has 0 aliphatic rings. The van der Waals surface area contributed by atoms with Crippen LogP contribution in [0.15, 0.2) is 52.1 Å². The van der Waals surface area contributed by atoms with Crippen LogP contribution in [-0.2, 0) is 0 Å². The van der Waals surface area contributed by atoms with Crippen LogP contribution in [0.3, 0.4) is 0 Å². The van der Waals surface area contributed by atoms with Crippen LogP contribution in [0, 0.1) is 15.9 Å². The molecule has 31 heavy (non-hydrogen) atoms. The van der Waals surface area contributed by atoms with Crippen LogP contribution in [0.4, 0.5) is 10.1 Å². The smallest absolute Gasteiger partial charge is 0.357 e. The maximum atomic E-state index is 13.0. The number of benzene rings is 2. The largest absolute Gasteiger partial charge is 0.493 e. The molecular weight excluding hydrogens is 413 g/mol. The Morgan fingerprint density at radius 3 is 2.42 bits per heavy atom. The van der Waals surface area contributed by atoms with Crippen LogP contribution in [0.1, 0.15) is 21.6 Å². The van der Waals surface area contributed by atoms with Gasteiger partial charge in [-0.1, -0.05) is 12.1 Å². The summed E-state index contributed by atoms with van der Waals surface area (Å²) in [6.07, 6.45) is 2.58. The second kappa shape index (κ2) is 8.86. The van der Waals surface area contributed by atoms with Gasteiger partial charge >= 0.3 is 22.9 Å². The minimum atomic E-state index is -1.13. The fraction of sp³-hybridized carbons (Fsp3) is 0.0500. The van der Waals surface area contributed by atoms with Crippen LogP contribution in [-0.4, -0.2) is 28.0 Å². The van der Waals surface area contributed by atoms with Gasteiger partial charge in [0, 0.05) is 0 Å². The van der Waals surface area contributed by atoms with Gasteiger partial charge in [0.2, 0.25) is 0 Å². The number of hydrogen-bond donors (Lipinski definition) is 2. The molecule has 0 unspecified atom stereocenters. The van der Waals surface area contributed by atoms with E-state index >= 15 is 0 Å². The van der Waals surface area contributed by atoms with Crippen molar-refractivity contribution < 1.29 is 23.6 Å². The standard InChI is InChI=1S/C20H14FN3O7/c1-30-16-10-11(2-8-14-17(24(28)29)18(25)23-20(27)22-14)3-9-15(16)31-19(26)12-4-6-13(21)7-5-12/h2-10H,1H3,(H2,22,23,25,27)/b8-2+. The molecule has 0 radical (unpaired) electrons. The van der Waals surface area contributed by atoms with Gasteiger partial charge in [0.1, 0.15) is 11.5 Å². The number of rotatable bonds is 6. The monoisotopic (exact) mass is 427 g/mol. The van der Waals surface area contributed by atoms with Gasteiger partial charge in [-0.25, -0.2) is 14.0 Å². The molecule has 0 aliphatic carbocycles. The lowest BCUT2D eigenvalue weighted by Crippen LogP contribution is -2.25. The molecule has 0 saturated heterocycles. The Balaban J connectivity index is 1.88. The van der Waals surface area contributed by atoms with Crippen molar-refractivity contribution in [1.29, 1.82) is 0 Å². The Bertz CT molecular complexity index is 1290. The van der Waals surface area contributed by atoms with Crippen LogP contribution < -0.4 is 20.7 Å². The van der Waals surface area contributed by atoms with Crippen LogP contribution in [0.2, 0.25) is 0 Å². The SMILES string of the molecule is COc1cc(/C=C/c2[nH]c(=O)[nH]c(=O)c2[N+](=O)[O-])ccc1OC(=O)c1ccc(F)cc1. The summed E-state index contributed by atoms with van der Waals surface area (Å²) in [5.74, 6) is -0.957. The molecule has 2 aromatic carbocycles. The van der Waals surface area contributed by atoms with E-state index in [0.717, 1.165) is 12.1 Å². The van der Waals surface area contributed by atoms with E-state index in [2.05, 4.69) is 4.98 Å². The second-order valence-electron chi connectivity index (χ2n) is 6.07. The molecule has 0 saturated carbocycles. The molecule has 0 fully saturated rings. The fourth-order valence-corrected chi connectivity index (χ4v) is 2.60. The lowest BCUT2D eigenvalue weighted by atomic mass is 10.1. The number of hydrogen-bond acceptors (Lipinski definition) is 7. The third-order valence-electron chi connectivity index (χ3n) is 4.04. The maximum Gasteiger partial charge on any atom is 0.357 e. The summed E-state index contributed by atoms with van der Waals surface area (Å²) in [4.78, 5) is 49.4. The molecule has 0 spiro atoms. The molecule has 3 rings (SSSR count). The van der Waals surface area contributed by atoms with E-state index < -0.39 is 33.6 Å². The van der Waals surface area contributed by atoms with E-state index in [1.165, 1.54) is 49.6 Å². The first-order valence-corrected chi connectivity index (χ1v) is 8.63. The zero-order chi connectivity index (χ0) is 22.5. The van der Waals surface area contributed by atoms with E-state index in [9.17, 15) is 28.9 Å². The predicted octanol–water partition coefficient (Wildman–Crippen LogP) is 2.51. The highest BCUT2D eigenvalue weighted by molar-refractivity contribution is 5.91. The average Bonchev–Trinajstić information content (AvgIpc) is 2.72. The topological polar surface area (TPSA) is 144 Å². The van der Waals surface area contributed by atoms with Crippen molar-refractivity contribution in [2.24, 2.45) is 0 Å². The third kappa shape index (κ3) is 4.90. The number of nitrogens with zero attached hydrogens (tertiary/aromatic N) is 1. The minimum Gasteiger partial charge on any atom is -0.493 e. The number of nitro groups is 1. The molecular formula is C20H14FN3O7. The highest BCUT2D eigenvalue weighted by Gasteiger charge is 2.19. The van der Waals surface area contributed by atoms with Crippen molar-refractivity contribution >= 4 is 23.8 Å². The van der Waals surface area contributed by atoms with E-state index in [1.807, 2.05) is 0 Å². The van der Waals surface area contributed by atoms with Gasteiger partial charge in [0.15, 0.2) is 11.5 Å². The molecule has 0 bridgehead atoms. The number of esters is 1. The zero-order valence-electron chi connectivity index (χ0n) is 15.9. The highest BCUT2D eigenvalue weighted by atomic mass is 19.1. The normalized spacial score (nSPS) is 10.8. The lowest BCUT2D eigenvalue weighted by Gasteiger charge is -2.10. The van der Waals surface area contributed by atoms with Crippen molar-refractivity contribution in [3.63, 3.8) is 0 Å². The molecule has 1 aromatic heterocycles. The van der Waals surface area contributed by atoms with Gasteiger partial charge in [-0.3, -0.25) is 19.9 Å². The van der Waals surface area contributed by atoms with Crippen molar-refractivity contribution in [2.75, 3.05) is 7.11 Å². The summed E-state index contributed by atoms with van der Waals surface area (Å²) >= 11 is 0. The first kappa shape index (κ1) is 21.2. The molecule has 2 N–H and O–H groups in total. The van der Waals surface area contributed by atoms with Gasteiger partial charge in [0.25, 0.3) is 0 Å². The van der Waals surface area contributed by atoms with E-state index in [4.69, 9.17) is 9.47 Å². The number of methoxy groups -OCH3 is 1. The fourth-order valence-electron chi connectivity index (χ4n) is 2.60. The minimum absolute atomic E-state index is 0.0875. The van der Waals surface area contributed by atoms with Crippen molar-refractivity contribution in [1.82, 2.24) is 9.97 Å². The zero-order valence-corrected chi connectivity index (χ0v) is 15.9. The molecule has 0 amide bonds. The molecule has 11 heteroatoms. The first-order valence-electron chi connectivity index (χ1n) is 8.63. The van der Waals surface area contributed by atoms with Crippen LogP contribution >= 0.6 is 0 Å².